The first-order chi connectivity index (χ1) is 11.6. The number of pyridine rings is 1. The largest absolute Gasteiger partial charge is 0.360 e. The number of rotatable bonds is 5. The first kappa shape index (κ1) is 16.3. The number of nitrogens with one attached hydrogen (secondary N) is 1. The maximum absolute atomic E-state index is 12.6. The molecule has 5 nitrogen and oxygen atoms in total. The minimum atomic E-state index is -0.176. The van der Waals surface area contributed by atoms with Crippen LogP contribution in [0.25, 0.3) is 0 Å². The van der Waals surface area contributed by atoms with Gasteiger partial charge in [0.2, 0.25) is 0 Å². The molecule has 0 saturated heterocycles. The summed E-state index contributed by atoms with van der Waals surface area (Å²) in [5.41, 5.74) is 2.51. The summed E-state index contributed by atoms with van der Waals surface area (Å²) in [6.07, 6.45) is 1.68. The van der Waals surface area contributed by atoms with Crippen molar-refractivity contribution in [2.75, 3.05) is 5.32 Å². The molecule has 3 rings (SSSR count). The van der Waals surface area contributed by atoms with E-state index in [9.17, 15) is 4.79 Å². The predicted octanol–water partition coefficient (Wildman–Crippen LogP) is 4.23. The zero-order valence-corrected chi connectivity index (χ0v) is 14.3. The fourth-order valence-corrected chi connectivity index (χ4v) is 3.13. The van der Waals surface area contributed by atoms with Crippen LogP contribution in [0.3, 0.4) is 0 Å². The third kappa shape index (κ3) is 4.02. The van der Waals surface area contributed by atoms with E-state index >= 15 is 0 Å². The molecule has 2 aromatic heterocycles. The molecule has 0 aliphatic rings. The highest BCUT2D eigenvalue weighted by Crippen LogP contribution is 2.27. The summed E-state index contributed by atoms with van der Waals surface area (Å²) in [5, 5.41) is 6.72. The summed E-state index contributed by atoms with van der Waals surface area (Å²) in [6.45, 7) is 3.84. The van der Waals surface area contributed by atoms with E-state index in [2.05, 4.69) is 15.5 Å². The molecule has 0 saturated carbocycles. The lowest BCUT2D eigenvalue weighted by Crippen LogP contribution is -2.14. The highest BCUT2D eigenvalue weighted by Gasteiger charge is 2.13. The van der Waals surface area contributed by atoms with E-state index in [4.69, 9.17) is 4.52 Å². The number of amides is 1. The SMILES string of the molecule is Cc1ccnc(NC(=O)c2ccccc2SCc2cc(C)no2)c1. The van der Waals surface area contributed by atoms with E-state index in [1.807, 2.05) is 50.2 Å². The zero-order valence-electron chi connectivity index (χ0n) is 13.4. The smallest absolute Gasteiger partial charge is 0.257 e. The van der Waals surface area contributed by atoms with Crippen LogP contribution >= 0.6 is 11.8 Å². The van der Waals surface area contributed by atoms with Gasteiger partial charge >= 0.3 is 0 Å². The van der Waals surface area contributed by atoms with Crippen LogP contribution in [0.1, 0.15) is 27.4 Å². The van der Waals surface area contributed by atoms with Crippen LogP contribution < -0.4 is 5.32 Å². The Hall–Kier alpha value is -2.60. The van der Waals surface area contributed by atoms with Crippen molar-refractivity contribution in [1.82, 2.24) is 10.1 Å². The zero-order chi connectivity index (χ0) is 16.9. The molecule has 3 aromatic rings. The first-order valence-corrected chi connectivity index (χ1v) is 8.48. The van der Waals surface area contributed by atoms with Gasteiger partial charge in [0, 0.05) is 17.2 Å². The van der Waals surface area contributed by atoms with E-state index in [0.29, 0.717) is 17.1 Å². The van der Waals surface area contributed by atoms with Crippen molar-refractivity contribution in [2.45, 2.75) is 24.5 Å². The number of anilines is 1. The number of hydrogen-bond donors (Lipinski definition) is 1. The molecule has 0 spiro atoms. The summed E-state index contributed by atoms with van der Waals surface area (Å²) in [5.74, 6) is 1.78. The molecule has 1 N–H and O–H groups in total. The average molecular weight is 339 g/mol. The van der Waals surface area contributed by atoms with Crippen molar-refractivity contribution in [3.05, 3.63) is 71.2 Å². The van der Waals surface area contributed by atoms with E-state index in [-0.39, 0.29) is 5.91 Å². The number of benzene rings is 1. The summed E-state index contributed by atoms with van der Waals surface area (Å²) in [7, 11) is 0. The Bertz CT molecular complexity index is 861. The Kier molecular flexibility index (Phi) is 4.96. The highest BCUT2D eigenvalue weighted by molar-refractivity contribution is 7.98. The van der Waals surface area contributed by atoms with Gasteiger partial charge in [-0.1, -0.05) is 17.3 Å². The summed E-state index contributed by atoms with van der Waals surface area (Å²) in [6, 6.07) is 13.1. The Morgan fingerprint density at radius 1 is 1.21 bits per heavy atom. The number of aromatic nitrogens is 2. The molecule has 1 amide bonds. The van der Waals surface area contributed by atoms with Gasteiger partial charge in [0.15, 0.2) is 0 Å². The van der Waals surface area contributed by atoms with Crippen LogP contribution in [-0.2, 0) is 5.75 Å². The van der Waals surface area contributed by atoms with Crippen LogP contribution in [0, 0.1) is 13.8 Å². The van der Waals surface area contributed by atoms with E-state index < -0.39 is 0 Å². The van der Waals surface area contributed by atoms with Crippen molar-refractivity contribution in [3.8, 4) is 0 Å². The number of carbonyl (C=O) groups is 1. The van der Waals surface area contributed by atoms with Crippen molar-refractivity contribution in [3.63, 3.8) is 0 Å². The third-order valence-electron chi connectivity index (χ3n) is 3.34. The van der Waals surface area contributed by atoms with E-state index in [1.165, 1.54) is 0 Å². The number of carbonyl (C=O) groups excluding carboxylic acids is 1. The standard InChI is InChI=1S/C18H17N3O2S/c1-12-7-8-19-17(9-12)20-18(22)15-5-3-4-6-16(15)24-11-14-10-13(2)21-23-14/h3-10H,11H2,1-2H3,(H,19,20,22). The van der Waals surface area contributed by atoms with Crippen LogP contribution in [-0.4, -0.2) is 16.0 Å². The molecule has 0 bridgehead atoms. The van der Waals surface area contributed by atoms with Gasteiger partial charge in [0.05, 0.1) is 17.0 Å². The topological polar surface area (TPSA) is 68.0 Å². The molecule has 0 aliphatic carbocycles. The maximum atomic E-state index is 12.6. The van der Waals surface area contributed by atoms with Crippen molar-refractivity contribution in [1.29, 1.82) is 0 Å². The second kappa shape index (κ2) is 7.31. The lowest BCUT2D eigenvalue weighted by Gasteiger charge is -2.09. The van der Waals surface area contributed by atoms with Crippen molar-refractivity contribution >= 4 is 23.5 Å². The minimum Gasteiger partial charge on any atom is -0.360 e. The fourth-order valence-electron chi connectivity index (χ4n) is 2.20. The number of thioether (sulfide) groups is 1. The maximum Gasteiger partial charge on any atom is 0.257 e. The molecule has 2 heterocycles. The molecule has 0 radical (unpaired) electrons. The first-order valence-electron chi connectivity index (χ1n) is 7.50. The van der Waals surface area contributed by atoms with E-state index in [0.717, 1.165) is 21.9 Å². The minimum absolute atomic E-state index is 0.176. The number of hydrogen-bond acceptors (Lipinski definition) is 5. The van der Waals surface area contributed by atoms with Gasteiger partial charge in [0.1, 0.15) is 11.6 Å². The molecule has 1 aromatic carbocycles. The molecule has 0 unspecified atom stereocenters. The summed E-state index contributed by atoms with van der Waals surface area (Å²) in [4.78, 5) is 17.6. The molecular formula is C18H17N3O2S. The van der Waals surface area contributed by atoms with E-state index in [1.54, 1.807) is 24.0 Å². The van der Waals surface area contributed by atoms with Crippen LogP contribution in [0.2, 0.25) is 0 Å². The fraction of sp³-hybridized carbons (Fsp3) is 0.167. The van der Waals surface area contributed by atoms with Crippen molar-refractivity contribution < 1.29 is 9.32 Å². The average Bonchev–Trinajstić information content (AvgIpc) is 2.99. The summed E-state index contributed by atoms with van der Waals surface area (Å²) >= 11 is 1.54. The monoisotopic (exact) mass is 339 g/mol. The second-order valence-corrected chi connectivity index (χ2v) is 6.41. The lowest BCUT2D eigenvalue weighted by atomic mass is 10.2. The number of nitrogens with zero attached hydrogens (tertiary/aromatic N) is 2. The third-order valence-corrected chi connectivity index (χ3v) is 4.43. The molecule has 0 aliphatic heterocycles. The Morgan fingerprint density at radius 2 is 2.04 bits per heavy atom. The number of aryl methyl sites for hydroxylation is 2. The van der Waals surface area contributed by atoms with Crippen LogP contribution in [0.4, 0.5) is 5.82 Å². The molecular weight excluding hydrogens is 322 g/mol. The predicted molar refractivity (Wildman–Crippen MR) is 94.2 cm³/mol. The molecule has 24 heavy (non-hydrogen) atoms. The van der Waals surface area contributed by atoms with Gasteiger partial charge in [-0.15, -0.1) is 11.8 Å². The van der Waals surface area contributed by atoms with Gasteiger partial charge in [-0.3, -0.25) is 4.79 Å². The normalized spacial score (nSPS) is 10.6. The second-order valence-electron chi connectivity index (χ2n) is 5.39. The van der Waals surface area contributed by atoms with Gasteiger partial charge < -0.3 is 9.84 Å². The Morgan fingerprint density at radius 3 is 2.79 bits per heavy atom. The Labute approximate surface area is 144 Å². The van der Waals surface area contributed by atoms with Crippen molar-refractivity contribution in [2.24, 2.45) is 0 Å². The van der Waals surface area contributed by atoms with Gasteiger partial charge in [-0.2, -0.15) is 0 Å². The molecule has 0 fully saturated rings. The van der Waals surface area contributed by atoms with Crippen LogP contribution in [0.15, 0.2) is 58.1 Å². The Balaban J connectivity index is 1.74. The highest BCUT2D eigenvalue weighted by atomic mass is 32.2. The van der Waals surface area contributed by atoms with Gasteiger partial charge in [-0.05, 0) is 43.7 Å². The van der Waals surface area contributed by atoms with Crippen LogP contribution in [0.5, 0.6) is 0 Å². The lowest BCUT2D eigenvalue weighted by molar-refractivity contribution is 0.102. The quantitative estimate of drug-likeness (QED) is 0.705. The van der Waals surface area contributed by atoms with Gasteiger partial charge in [0.25, 0.3) is 5.91 Å². The molecule has 122 valence electrons. The van der Waals surface area contributed by atoms with Gasteiger partial charge in [-0.25, -0.2) is 4.98 Å². The molecule has 6 heteroatoms. The molecule has 0 atom stereocenters. The summed E-state index contributed by atoms with van der Waals surface area (Å²) < 4.78 is 5.21.